The average Bonchev–Trinajstić information content (AvgIpc) is 3.53. The number of hydrogen-bond donors (Lipinski definition) is 0. The highest BCUT2D eigenvalue weighted by atomic mass is 31.1. The van der Waals surface area contributed by atoms with E-state index in [1.165, 1.54) is 11.7 Å². The first-order chi connectivity index (χ1) is 23.7. The number of benzene rings is 4. The summed E-state index contributed by atoms with van der Waals surface area (Å²) in [5, 5.41) is 0.304. The van der Waals surface area contributed by atoms with Gasteiger partial charge in [-0.3, -0.25) is 4.67 Å². The fourth-order valence-corrected chi connectivity index (χ4v) is 10.7. The number of rotatable bonds is 8. The Bertz CT molecular complexity index is 1610. The van der Waals surface area contributed by atoms with Crippen LogP contribution in [0.1, 0.15) is 29.2 Å². The van der Waals surface area contributed by atoms with Crippen LogP contribution in [0, 0.1) is 30.8 Å². The Balaban J connectivity index is 1.71. The highest BCUT2D eigenvalue weighted by Crippen LogP contribution is 2.59. The van der Waals surface area contributed by atoms with Gasteiger partial charge in [0.2, 0.25) is 0 Å². The fourth-order valence-electron chi connectivity index (χ4n) is 5.57. The van der Waals surface area contributed by atoms with Gasteiger partial charge in [-0.05, 0) is 98.8 Å². The van der Waals surface area contributed by atoms with Gasteiger partial charge in [0.1, 0.15) is 0 Å². The largest absolute Gasteiger partial charge is 0.416 e. The first kappa shape index (κ1) is 39.1. The van der Waals surface area contributed by atoms with Gasteiger partial charge < -0.3 is 0 Å². The summed E-state index contributed by atoms with van der Waals surface area (Å²) in [6.07, 6.45) is -16.1. The van der Waals surface area contributed by atoms with Crippen LogP contribution in [0.4, 0.5) is 52.7 Å². The Labute approximate surface area is 289 Å². The lowest BCUT2D eigenvalue weighted by Gasteiger charge is -2.40. The minimum Gasteiger partial charge on any atom is -0.274 e. The minimum atomic E-state index is -5.33. The van der Waals surface area contributed by atoms with Crippen LogP contribution in [0.3, 0.4) is 0 Å². The minimum absolute atomic E-state index is 0.143. The molecule has 0 saturated heterocycles. The summed E-state index contributed by atoms with van der Waals surface area (Å²) in [6, 6.07) is 18.6. The lowest BCUT2D eigenvalue weighted by Crippen LogP contribution is -2.38. The number of alkyl halides is 12. The molecular formula is C36H26F12NP2. The fraction of sp³-hybridized carbons (Fsp3) is 0.194. The lowest BCUT2D eigenvalue weighted by atomic mass is 10.00. The van der Waals surface area contributed by atoms with Gasteiger partial charge in [0, 0.05) is 25.7 Å². The molecule has 0 bridgehead atoms. The molecule has 0 unspecified atom stereocenters. The van der Waals surface area contributed by atoms with E-state index in [0.717, 1.165) is 16.3 Å². The van der Waals surface area contributed by atoms with E-state index in [-0.39, 0.29) is 12.1 Å². The highest BCUT2D eigenvalue weighted by Gasteiger charge is 2.45. The van der Waals surface area contributed by atoms with Crippen LogP contribution in [-0.2, 0) is 24.7 Å². The maximum absolute atomic E-state index is 14.0. The zero-order chi connectivity index (χ0) is 37.5. The number of halogens is 12. The van der Waals surface area contributed by atoms with Gasteiger partial charge in [-0.2, -0.15) is 52.7 Å². The SMILES string of the molecule is C[C@H]([C]1[CH][CH][CH][C]1P(c1ccccc1)c1ccccc1)N(C)P(c1cc(C(F)(F)F)cc(C(F)(F)F)c1)c1cc(C(F)(F)F)cc(C(F)(F)F)c1. The normalized spacial score (nSPS) is 16.1. The second-order valence-corrected chi connectivity index (χ2v) is 15.9. The van der Waals surface area contributed by atoms with Crippen LogP contribution < -0.4 is 21.2 Å². The zero-order valence-corrected chi connectivity index (χ0v) is 28.2. The molecule has 1 atom stereocenters. The Hall–Kier alpha value is -3.14. The first-order valence-corrected chi connectivity index (χ1v) is 17.6. The Kier molecular flexibility index (Phi) is 11.3. The monoisotopic (exact) mass is 762 g/mol. The standard InChI is InChI=1S/C36H26F12NP2/c1-22(31-14-9-15-32(31)50(27-10-5-3-6-11-27)28-12-7-4-8-13-28)49(2)51(29-18-23(33(37,38)39)16-24(19-29)34(40,41)42)30-20-25(35(43,44)45)17-26(21-30)36(46,47)48/h3-22H,1-2H3/t22-/m1/s1. The predicted molar refractivity (Wildman–Crippen MR) is 175 cm³/mol. The molecule has 0 N–H and O–H groups in total. The molecule has 0 aliphatic heterocycles. The van der Waals surface area contributed by atoms with Crippen molar-refractivity contribution in [1.82, 2.24) is 4.67 Å². The van der Waals surface area contributed by atoms with Crippen molar-refractivity contribution in [3.63, 3.8) is 0 Å². The third-order valence-corrected chi connectivity index (χ3v) is 13.0. The summed E-state index contributed by atoms with van der Waals surface area (Å²) in [7, 11) is -2.96. The Morgan fingerprint density at radius 1 is 0.490 bits per heavy atom. The number of nitrogens with zero attached hydrogens (tertiary/aromatic N) is 1. The quantitative estimate of drug-likeness (QED) is 0.128. The molecule has 0 aromatic heterocycles. The van der Waals surface area contributed by atoms with Gasteiger partial charge >= 0.3 is 24.7 Å². The summed E-state index contributed by atoms with van der Waals surface area (Å²) in [4.78, 5) is 0. The molecule has 0 amide bonds. The molecule has 4 aromatic carbocycles. The summed E-state index contributed by atoms with van der Waals surface area (Å²) in [5.74, 6) is 0.537. The number of hydrogen-bond acceptors (Lipinski definition) is 1. The molecule has 15 heteroatoms. The van der Waals surface area contributed by atoms with E-state index in [1.807, 2.05) is 60.7 Å². The van der Waals surface area contributed by atoms with E-state index >= 15 is 0 Å². The first-order valence-electron chi connectivity index (χ1n) is 14.9. The molecule has 4 aromatic rings. The summed E-state index contributed by atoms with van der Waals surface area (Å²) in [6.45, 7) is 1.55. The van der Waals surface area contributed by atoms with Crippen molar-refractivity contribution in [1.29, 1.82) is 0 Å². The van der Waals surface area contributed by atoms with Gasteiger partial charge in [-0.1, -0.05) is 60.7 Å². The Morgan fingerprint density at radius 2 is 0.843 bits per heavy atom. The van der Waals surface area contributed by atoms with Gasteiger partial charge in [0.05, 0.1) is 22.3 Å². The molecule has 1 aliphatic rings. The van der Waals surface area contributed by atoms with Crippen molar-refractivity contribution < 1.29 is 52.7 Å². The smallest absolute Gasteiger partial charge is 0.274 e. The molecule has 0 spiro atoms. The van der Waals surface area contributed by atoms with Crippen LogP contribution in [-0.4, -0.2) is 17.8 Å². The lowest BCUT2D eigenvalue weighted by molar-refractivity contribution is -0.144. The van der Waals surface area contributed by atoms with Crippen molar-refractivity contribution in [2.75, 3.05) is 7.05 Å². The van der Waals surface area contributed by atoms with Crippen LogP contribution in [0.15, 0.2) is 97.1 Å². The Morgan fingerprint density at radius 3 is 1.18 bits per heavy atom. The molecular weight excluding hydrogens is 736 g/mol. The molecule has 0 heterocycles. The van der Waals surface area contributed by atoms with E-state index in [1.54, 1.807) is 26.2 Å². The molecule has 1 saturated carbocycles. The summed E-state index contributed by atoms with van der Waals surface area (Å²) >= 11 is 0. The molecule has 1 fully saturated rings. The van der Waals surface area contributed by atoms with Crippen molar-refractivity contribution in [3.8, 4) is 0 Å². The van der Waals surface area contributed by atoms with E-state index in [2.05, 4.69) is 0 Å². The van der Waals surface area contributed by atoms with Gasteiger partial charge in [-0.25, -0.2) is 0 Å². The summed E-state index contributed by atoms with van der Waals surface area (Å²) in [5.41, 5.74) is -6.29. The molecule has 5 rings (SSSR count). The topological polar surface area (TPSA) is 3.24 Å². The maximum Gasteiger partial charge on any atom is 0.416 e. The third-order valence-electron chi connectivity index (χ3n) is 8.06. The average molecular weight is 763 g/mol. The van der Waals surface area contributed by atoms with E-state index in [9.17, 15) is 52.7 Å². The molecule has 1 aliphatic carbocycles. The third kappa shape index (κ3) is 8.91. The predicted octanol–water partition coefficient (Wildman–Crippen LogP) is 10.3. The van der Waals surface area contributed by atoms with Gasteiger partial charge in [0.15, 0.2) is 0 Å². The second kappa shape index (κ2) is 14.7. The zero-order valence-electron chi connectivity index (χ0n) is 26.4. The van der Waals surface area contributed by atoms with Crippen LogP contribution in [0.2, 0.25) is 0 Å². The van der Waals surface area contributed by atoms with Crippen LogP contribution in [0.5, 0.6) is 0 Å². The van der Waals surface area contributed by atoms with E-state index in [0.29, 0.717) is 30.2 Å². The van der Waals surface area contributed by atoms with Crippen molar-refractivity contribution in [3.05, 3.63) is 150 Å². The molecule has 5 radical (unpaired) electrons. The molecule has 269 valence electrons. The van der Waals surface area contributed by atoms with Gasteiger partial charge in [0.25, 0.3) is 0 Å². The van der Waals surface area contributed by atoms with E-state index < -0.39 is 79.6 Å². The summed E-state index contributed by atoms with van der Waals surface area (Å²) < 4.78 is 170. The van der Waals surface area contributed by atoms with Gasteiger partial charge in [-0.15, -0.1) is 0 Å². The maximum atomic E-state index is 14.0. The molecule has 51 heavy (non-hydrogen) atoms. The van der Waals surface area contributed by atoms with Crippen LogP contribution in [0.25, 0.3) is 0 Å². The molecule has 1 nitrogen and oxygen atoms in total. The highest BCUT2D eigenvalue weighted by molar-refractivity contribution is 7.76. The second-order valence-electron chi connectivity index (χ2n) is 11.5. The van der Waals surface area contributed by atoms with Crippen LogP contribution >= 0.6 is 16.0 Å². The van der Waals surface area contributed by atoms with Crippen molar-refractivity contribution in [2.45, 2.75) is 37.7 Å². The van der Waals surface area contributed by atoms with E-state index in [4.69, 9.17) is 0 Å². The van der Waals surface area contributed by atoms with Crippen molar-refractivity contribution >= 4 is 37.2 Å². The van der Waals surface area contributed by atoms with Crippen molar-refractivity contribution in [2.24, 2.45) is 0 Å².